The second kappa shape index (κ2) is 7.94. The summed E-state index contributed by atoms with van der Waals surface area (Å²) in [5.74, 6) is 1.90. The molecule has 0 aliphatic heterocycles. The van der Waals surface area contributed by atoms with Gasteiger partial charge in [-0.3, -0.25) is 0 Å². The molecule has 0 aromatic heterocycles. The van der Waals surface area contributed by atoms with E-state index in [-0.39, 0.29) is 5.92 Å². The quantitative estimate of drug-likeness (QED) is 0.678. The lowest BCUT2D eigenvalue weighted by Gasteiger charge is -2.25. The predicted octanol–water partition coefficient (Wildman–Crippen LogP) is 5.05. The second-order valence-electron chi connectivity index (χ2n) is 5.80. The smallest absolute Gasteiger partial charge is 0.119 e. The van der Waals surface area contributed by atoms with Crippen molar-refractivity contribution in [2.75, 3.05) is 6.61 Å². The average molecular weight is 271 g/mol. The highest BCUT2D eigenvalue weighted by Crippen LogP contribution is 2.35. The van der Waals surface area contributed by atoms with E-state index in [0.717, 1.165) is 44.5 Å². The minimum absolute atomic E-state index is 0.285. The summed E-state index contributed by atoms with van der Waals surface area (Å²) in [7, 11) is 0. The Kier molecular flexibility index (Phi) is 5.92. The number of hydrogen-bond acceptors (Lipinski definition) is 2. The topological polar surface area (TPSA) is 33.0 Å². The molecule has 20 heavy (non-hydrogen) atoms. The Labute approximate surface area is 122 Å². The number of ether oxygens (including phenoxy) is 1. The Hall–Kier alpha value is -1.49. The molecule has 1 saturated carbocycles. The van der Waals surface area contributed by atoms with E-state index in [1.54, 1.807) is 0 Å². The number of benzene rings is 1. The molecule has 0 unspecified atom stereocenters. The van der Waals surface area contributed by atoms with Crippen molar-refractivity contribution in [1.82, 2.24) is 0 Å². The summed E-state index contributed by atoms with van der Waals surface area (Å²) in [4.78, 5) is 0. The van der Waals surface area contributed by atoms with E-state index in [1.807, 2.05) is 0 Å². The molecule has 0 atom stereocenters. The van der Waals surface area contributed by atoms with Crippen LogP contribution in [0.1, 0.15) is 63.4 Å². The summed E-state index contributed by atoms with van der Waals surface area (Å²) in [6.45, 7) is 3.02. The third-order valence-electron chi connectivity index (χ3n) is 4.28. The molecule has 1 aliphatic rings. The van der Waals surface area contributed by atoms with Crippen LogP contribution < -0.4 is 4.74 Å². The van der Waals surface area contributed by atoms with E-state index >= 15 is 0 Å². The molecule has 0 amide bonds. The van der Waals surface area contributed by atoms with Crippen molar-refractivity contribution in [3.05, 3.63) is 29.8 Å². The zero-order valence-electron chi connectivity index (χ0n) is 12.5. The van der Waals surface area contributed by atoms with Crippen LogP contribution in [0, 0.1) is 17.2 Å². The van der Waals surface area contributed by atoms with Crippen LogP contribution >= 0.6 is 0 Å². The van der Waals surface area contributed by atoms with Gasteiger partial charge in [-0.15, -0.1) is 0 Å². The van der Waals surface area contributed by atoms with Crippen LogP contribution in [0.15, 0.2) is 24.3 Å². The maximum atomic E-state index is 8.94. The molecule has 1 aromatic rings. The molecule has 0 spiro atoms. The van der Waals surface area contributed by atoms with Crippen molar-refractivity contribution in [3.63, 3.8) is 0 Å². The first-order valence-electron chi connectivity index (χ1n) is 7.96. The molecular formula is C18H25NO. The molecule has 1 aliphatic carbocycles. The van der Waals surface area contributed by atoms with Crippen molar-refractivity contribution in [1.29, 1.82) is 5.26 Å². The Bertz CT molecular complexity index is 424. The predicted molar refractivity (Wildman–Crippen MR) is 81.8 cm³/mol. The lowest BCUT2D eigenvalue weighted by molar-refractivity contribution is 0.306. The van der Waals surface area contributed by atoms with Crippen LogP contribution in [0.2, 0.25) is 0 Å². The minimum atomic E-state index is 0.285. The van der Waals surface area contributed by atoms with Crippen LogP contribution in [0.25, 0.3) is 0 Å². The molecule has 0 N–H and O–H groups in total. The van der Waals surface area contributed by atoms with Gasteiger partial charge in [-0.2, -0.15) is 5.26 Å². The Balaban J connectivity index is 1.81. The summed E-state index contributed by atoms with van der Waals surface area (Å²) in [5.41, 5.74) is 1.40. The summed E-state index contributed by atoms with van der Waals surface area (Å²) in [5, 5.41) is 8.94. The number of nitrogens with zero attached hydrogens (tertiary/aromatic N) is 1. The number of nitriles is 1. The number of unbranched alkanes of at least 4 members (excludes halogenated alkanes) is 2. The maximum Gasteiger partial charge on any atom is 0.119 e. The fourth-order valence-electron chi connectivity index (χ4n) is 2.93. The van der Waals surface area contributed by atoms with Crippen LogP contribution in [-0.4, -0.2) is 6.61 Å². The molecular weight excluding hydrogens is 246 g/mol. The first-order valence-corrected chi connectivity index (χ1v) is 7.96. The van der Waals surface area contributed by atoms with Gasteiger partial charge >= 0.3 is 0 Å². The Morgan fingerprint density at radius 2 is 1.80 bits per heavy atom. The largest absolute Gasteiger partial charge is 0.494 e. The second-order valence-corrected chi connectivity index (χ2v) is 5.80. The molecule has 0 heterocycles. The normalized spacial score (nSPS) is 22.2. The lowest BCUT2D eigenvalue weighted by Crippen LogP contribution is -2.11. The minimum Gasteiger partial charge on any atom is -0.494 e. The summed E-state index contributed by atoms with van der Waals surface area (Å²) in [6.07, 6.45) is 8.00. The average Bonchev–Trinajstić information content (AvgIpc) is 2.52. The van der Waals surface area contributed by atoms with Crippen molar-refractivity contribution in [2.45, 2.75) is 57.8 Å². The molecule has 2 rings (SSSR count). The van der Waals surface area contributed by atoms with Gasteiger partial charge in [-0.1, -0.05) is 31.9 Å². The maximum absolute atomic E-state index is 8.94. The third kappa shape index (κ3) is 4.27. The van der Waals surface area contributed by atoms with Gasteiger partial charge < -0.3 is 4.74 Å². The molecule has 0 bridgehead atoms. The Morgan fingerprint density at radius 1 is 1.10 bits per heavy atom. The molecule has 108 valence electrons. The molecule has 1 aromatic carbocycles. The van der Waals surface area contributed by atoms with Gasteiger partial charge in [0.25, 0.3) is 0 Å². The van der Waals surface area contributed by atoms with E-state index in [9.17, 15) is 0 Å². The van der Waals surface area contributed by atoms with Gasteiger partial charge in [-0.25, -0.2) is 0 Å². The highest BCUT2D eigenvalue weighted by atomic mass is 16.5. The van der Waals surface area contributed by atoms with Gasteiger partial charge in [0.15, 0.2) is 0 Å². The molecule has 1 fully saturated rings. The standard InChI is InChI=1S/C18H25NO/c1-2-3-4-13-20-18-11-9-17(10-12-18)16-7-5-15(14-19)6-8-16/h9-12,15-16H,2-8,13H2,1H3. The van der Waals surface area contributed by atoms with Gasteiger partial charge in [0.2, 0.25) is 0 Å². The third-order valence-corrected chi connectivity index (χ3v) is 4.28. The van der Waals surface area contributed by atoms with Crippen molar-refractivity contribution < 1.29 is 4.74 Å². The highest BCUT2D eigenvalue weighted by Gasteiger charge is 2.21. The van der Waals surface area contributed by atoms with Crippen molar-refractivity contribution in [3.8, 4) is 11.8 Å². The summed E-state index contributed by atoms with van der Waals surface area (Å²) >= 11 is 0. The molecule has 2 heteroatoms. The van der Waals surface area contributed by atoms with E-state index in [2.05, 4.69) is 37.3 Å². The Morgan fingerprint density at radius 3 is 2.40 bits per heavy atom. The monoisotopic (exact) mass is 271 g/mol. The molecule has 0 saturated heterocycles. The fourth-order valence-corrected chi connectivity index (χ4v) is 2.93. The van der Waals surface area contributed by atoms with Crippen LogP contribution in [0.3, 0.4) is 0 Å². The van der Waals surface area contributed by atoms with E-state index in [1.165, 1.54) is 18.4 Å². The van der Waals surface area contributed by atoms with E-state index < -0.39 is 0 Å². The van der Waals surface area contributed by atoms with Crippen LogP contribution in [0.5, 0.6) is 5.75 Å². The van der Waals surface area contributed by atoms with Crippen LogP contribution in [-0.2, 0) is 0 Å². The summed E-state index contributed by atoms with van der Waals surface area (Å²) < 4.78 is 5.74. The van der Waals surface area contributed by atoms with Gasteiger partial charge in [0.05, 0.1) is 12.7 Å². The number of hydrogen-bond donors (Lipinski definition) is 0. The van der Waals surface area contributed by atoms with Crippen LogP contribution in [0.4, 0.5) is 0 Å². The van der Waals surface area contributed by atoms with E-state index in [0.29, 0.717) is 5.92 Å². The lowest BCUT2D eigenvalue weighted by atomic mass is 9.79. The van der Waals surface area contributed by atoms with Gasteiger partial charge in [0, 0.05) is 5.92 Å². The fraction of sp³-hybridized carbons (Fsp3) is 0.611. The first kappa shape index (κ1) is 14.9. The zero-order valence-corrected chi connectivity index (χ0v) is 12.5. The summed E-state index contributed by atoms with van der Waals surface area (Å²) in [6, 6.07) is 11.0. The highest BCUT2D eigenvalue weighted by molar-refractivity contribution is 5.29. The zero-order chi connectivity index (χ0) is 14.2. The van der Waals surface area contributed by atoms with Gasteiger partial charge in [0.1, 0.15) is 5.75 Å². The van der Waals surface area contributed by atoms with E-state index in [4.69, 9.17) is 10.00 Å². The molecule has 2 nitrogen and oxygen atoms in total. The van der Waals surface area contributed by atoms with Crippen molar-refractivity contribution in [2.24, 2.45) is 5.92 Å². The first-order chi connectivity index (χ1) is 9.83. The number of rotatable bonds is 6. The molecule has 0 radical (unpaired) electrons. The van der Waals surface area contributed by atoms with Gasteiger partial charge in [-0.05, 0) is 55.7 Å². The van der Waals surface area contributed by atoms with Crippen molar-refractivity contribution >= 4 is 0 Å². The SMILES string of the molecule is CCCCCOc1ccc(C2CCC(C#N)CC2)cc1.